The predicted octanol–water partition coefficient (Wildman–Crippen LogP) is 2.18. The van der Waals surface area contributed by atoms with Crippen molar-refractivity contribution < 1.29 is 13.2 Å². The standard InChI is InChI=1S/C15H30F3N5.HI/c1-5-19-13(20-7-8-21-14(2,3)4)22-12-6-9-23(10-12)11-15(16,17)18;/h12,21H,5-11H2,1-4H3,(H2,19,20,22);1H. The molecule has 0 aromatic heterocycles. The normalized spacial score (nSPS) is 20.0. The van der Waals surface area contributed by atoms with Gasteiger partial charge in [-0.2, -0.15) is 13.2 Å². The lowest BCUT2D eigenvalue weighted by Crippen LogP contribution is -2.45. The molecule has 1 unspecified atom stereocenters. The molecule has 0 radical (unpaired) electrons. The van der Waals surface area contributed by atoms with Crippen LogP contribution in [0, 0.1) is 0 Å². The molecule has 0 aromatic carbocycles. The average Bonchev–Trinajstić information content (AvgIpc) is 2.78. The lowest BCUT2D eigenvalue weighted by atomic mass is 10.1. The molecular formula is C15H31F3IN5. The highest BCUT2D eigenvalue weighted by atomic mass is 127. The molecule has 5 nitrogen and oxygen atoms in total. The van der Waals surface area contributed by atoms with Crippen molar-refractivity contribution in [1.82, 2.24) is 20.9 Å². The van der Waals surface area contributed by atoms with Crippen LogP contribution in [-0.2, 0) is 0 Å². The summed E-state index contributed by atoms with van der Waals surface area (Å²) < 4.78 is 37.2. The number of hydrogen-bond acceptors (Lipinski definition) is 3. The largest absolute Gasteiger partial charge is 0.401 e. The van der Waals surface area contributed by atoms with Crippen LogP contribution in [0.5, 0.6) is 0 Å². The summed E-state index contributed by atoms with van der Waals surface area (Å²) in [5.74, 6) is 0.669. The first-order valence-electron chi connectivity index (χ1n) is 8.18. The number of likely N-dealkylation sites (tertiary alicyclic amines) is 1. The lowest BCUT2D eigenvalue weighted by molar-refractivity contribution is -0.143. The van der Waals surface area contributed by atoms with Gasteiger partial charge >= 0.3 is 6.18 Å². The van der Waals surface area contributed by atoms with E-state index in [9.17, 15) is 13.2 Å². The molecule has 0 aromatic rings. The molecule has 9 heteroatoms. The minimum absolute atomic E-state index is 0. The van der Waals surface area contributed by atoms with E-state index in [-0.39, 0.29) is 35.6 Å². The Hall–Kier alpha value is -0.290. The minimum atomic E-state index is -4.13. The molecule has 1 fully saturated rings. The topological polar surface area (TPSA) is 51.7 Å². The smallest absolute Gasteiger partial charge is 0.357 e. The first-order chi connectivity index (χ1) is 10.6. The van der Waals surface area contributed by atoms with Gasteiger partial charge in [0, 0.05) is 37.8 Å². The molecular weight excluding hydrogens is 434 g/mol. The van der Waals surface area contributed by atoms with Gasteiger partial charge in [0.15, 0.2) is 5.96 Å². The summed E-state index contributed by atoms with van der Waals surface area (Å²) >= 11 is 0. The van der Waals surface area contributed by atoms with Gasteiger partial charge < -0.3 is 16.0 Å². The van der Waals surface area contributed by atoms with Crippen LogP contribution in [0.15, 0.2) is 4.99 Å². The Kier molecular flexibility index (Phi) is 10.5. The van der Waals surface area contributed by atoms with Gasteiger partial charge in [-0.1, -0.05) is 0 Å². The summed E-state index contributed by atoms with van der Waals surface area (Å²) in [5.41, 5.74) is 0.0465. The molecule has 1 aliphatic heterocycles. The van der Waals surface area contributed by atoms with E-state index >= 15 is 0 Å². The summed E-state index contributed by atoms with van der Waals surface area (Å²) in [4.78, 5) is 5.90. The second-order valence-electron chi connectivity index (χ2n) is 6.92. The molecule has 24 heavy (non-hydrogen) atoms. The van der Waals surface area contributed by atoms with Gasteiger partial charge in [-0.15, -0.1) is 24.0 Å². The maximum absolute atomic E-state index is 12.4. The monoisotopic (exact) mass is 465 g/mol. The third-order valence-electron chi connectivity index (χ3n) is 3.40. The zero-order valence-electron chi connectivity index (χ0n) is 15.0. The van der Waals surface area contributed by atoms with Crippen LogP contribution in [0.1, 0.15) is 34.1 Å². The van der Waals surface area contributed by atoms with Crippen LogP contribution in [0.4, 0.5) is 13.2 Å². The van der Waals surface area contributed by atoms with Crippen LogP contribution in [0.3, 0.4) is 0 Å². The molecule has 1 saturated heterocycles. The molecule has 1 heterocycles. The predicted molar refractivity (Wildman–Crippen MR) is 103 cm³/mol. The molecule has 1 atom stereocenters. The van der Waals surface area contributed by atoms with Gasteiger partial charge in [0.05, 0.1) is 13.1 Å². The Morgan fingerprint density at radius 2 is 1.92 bits per heavy atom. The number of aliphatic imine (C=N–C) groups is 1. The number of alkyl halides is 3. The second kappa shape index (κ2) is 10.6. The van der Waals surface area contributed by atoms with E-state index in [1.165, 1.54) is 4.90 Å². The summed E-state index contributed by atoms with van der Waals surface area (Å²) in [6.45, 7) is 10.3. The van der Waals surface area contributed by atoms with E-state index in [4.69, 9.17) is 0 Å². The van der Waals surface area contributed by atoms with E-state index in [2.05, 4.69) is 41.7 Å². The summed E-state index contributed by atoms with van der Waals surface area (Å²) in [6, 6.07) is 0.00530. The highest BCUT2D eigenvalue weighted by Gasteiger charge is 2.34. The van der Waals surface area contributed by atoms with Gasteiger partial charge in [0.1, 0.15) is 0 Å². The fourth-order valence-electron chi connectivity index (χ4n) is 2.46. The van der Waals surface area contributed by atoms with E-state index < -0.39 is 12.7 Å². The maximum Gasteiger partial charge on any atom is 0.401 e. The van der Waals surface area contributed by atoms with E-state index in [1.54, 1.807) is 0 Å². The average molecular weight is 465 g/mol. The number of halogens is 4. The van der Waals surface area contributed by atoms with Crippen molar-refractivity contribution in [2.45, 2.75) is 51.9 Å². The van der Waals surface area contributed by atoms with Gasteiger partial charge in [-0.05, 0) is 34.1 Å². The Balaban J connectivity index is 0.00000529. The Morgan fingerprint density at radius 3 is 2.46 bits per heavy atom. The Bertz CT molecular complexity index is 382. The summed E-state index contributed by atoms with van der Waals surface area (Å²) in [5, 5.41) is 9.72. The zero-order chi connectivity index (χ0) is 17.5. The van der Waals surface area contributed by atoms with Crippen molar-refractivity contribution in [1.29, 1.82) is 0 Å². The first kappa shape index (κ1) is 23.7. The molecule has 0 amide bonds. The molecule has 0 saturated carbocycles. The van der Waals surface area contributed by atoms with Crippen molar-refractivity contribution in [3.05, 3.63) is 0 Å². The third kappa shape index (κ3) is 11.3. The van der Waals surface area contributed by atoms with Crippen molar-refractivity contribution >= 4 is 29.9 Å². The summed E-state index contributed by atoms with van der Waals surface area (Å²) in [7, 11) is 0. The lowest BCUT2D eigenvalue weighted by Gasteiger charge is -2.21. The molecule has 0 aliphatic carbocycles. The van der Waals surface area contributed by atoms with Crippen molar-refractivity contribution in [2.75, 3.05) is 39.3 Å². The molecule has 1 aliphatic rings. The number of guanidine groups is 1. The van der Waals surface area contributed by atoms with Crippen molar-refractivity contribution in [3.8, 4) is 0 Å². The number of hydrogen-bond donors (Lipinski definition) is 3. The molecule has 0 spiro atoms. The first-order valence-corrected chi connectivity index (χ1v) is 8.18. The SMILES string of the molecule is CCNC(=NCCNC(C)(C)C)NC1CCN(CC(F)(F)F)C1.I. The fraction of sp³-hybridized carbons (Fsp3) is 0.933. The van der Waals surface area contributed by atoms with Crippen LogP contribution in [0.2, 0.25) is 0 Å². The van der Waals surface area contributed by atoms with E-state index in [0.29, 0.717) is 32.0 Å². The van der Waals surface area contributed by atoms with E-state index in [1.807, 2.05) is 6.92 Å². The maximum atomic E-state index is 12.4. The molecule has 144 valence electrons. The number of nitrogens with one attached hydrogen (secondary N) is 3. The Morgan fingerprint density at radius 1 is 1.25 bits per heavy atom. The minimum Gasteiger partial charge on any atom is -0.357 e. The van der Waals surface area contributed by atoms with E-state index in [0.717, 1.165) is 13.1 Å². The van der Waals surface area contributed by atoms with Crippen molar-refractivity contribution in [3.63, 3.8) is 0 Å². The fourth-order valence-corrected chi connectivity index (χ4v) is 2.46. The van der Waals surface area contributed by atoms with Gasteiger partial charge in [0.2, 0.25) is 0 Å². The highest BCUT2D eigenvalue weighted by molar-refractivity contribution is 14.0. The number of nitrogens with zero attached hydrogens (tertiary/aromatic N) is 2. The molecule has 3 N–H and O–H groups in total. The molecule has 1 rings (SSSR count). The van der Waals surface area contributed by atoms with Gasteiger partial charge in [-0.25, -0.2) is 0 Å². The quantitative estimate of drug-likeness (QED) is 0.244. The van der Waals surface area contributed by atoms with Gasteiger partial charge in [0.25, 0.3) is 0 Å². The highest BCUT2D eigenvalue weighted by Crippen LogP contribution is 2.19. The third-order valence-corrected chi connectivity index (χ3v) is 3.40. The van der Waals surface area contributed by atoms with Crippen LogP contribution < -0.4 is 16.0 Å². The zero-order valence-corrected chi connectivity index (χ0v) is 17.3. The Labute approximate surface area is 160 Å². The van der Waals surface area contributed by atoms with Gasteiger partial charge in [-0.3, -0.25) is 9.89 Å². The molecule has 0 bridgehead atoms. The summed E-state index contributed by atoms with van der Waals surface area (Å²) in [6.07, 6.45) is -3.44. The number of rotatable bonds is 6. The van der Waals surface area contributed by atoms with Crippen LogP contribution in [-0.4, -0.2) is 67.9 Å². The van der Waals surface area contributed by atoms with Crippen molar-refractivity contribution in [2.24, 2.45) is 4.99 Å². The second-order valence-corrected chi connectivity index (χ2v) is 6.92. The van der Waals surface area contributed by atoms with Crippen LogP contribution >= 0.6 is 24.0 Å². The van der Waals surface area contributed by atoms with Crippen LogP contribution in [0.25, 0.3) is 0 Å².